The number of hydrogen-bond donors (Lipinski definition) is 1. The minimum Gasteiger partial charge on any atom is -0.388 e. The van der Waals surface area contributed by atoms with E-state index in [0.29, 0.717) is 21.5 Å². The van der Waals surface area contributed by atoms with Crippen molar-refractivity contribution in [1.82, 2.24) is 0 Å². The van der Waals surface area contributed by atoms with Crippen molar-refractivity contribution in [2.45, 2.75) is 19.4 Å². The van der Waals surface area contributed by atoms with Gasteiger partial charge in [-0.05, 0) is 47.9 Å². The lowest BCUT2D eigenvalue weighted by molar-refractivity contribution is 0.178. The summed E-state index contributed by atoms with van der Waals surface area (Å²) < 4.78 is 0. The predicted molar refractivity (Wildman–Crippen MR) is 81.3 cm³/mol. The molecule has 0 spiro atoms. The zero-order valence-corrected chi connectivity index (χ0v) is 12.6. The van der Waals surface area contributed by atoms with Crippen LogP contribution in [-0.4, -0.2) is 5.11 Å². The Balaban J connectivity index is 2.31. The van der Waals surface area contributed by atoms with Crippen molar-refractivity contribution in [3.8, 4) is 0 Å². The van der Waals surface area contributed by atoms with E-state index in [0.717, 1.165) is 16.7 Å². The zero-order valence-electron chi connectivity index (χ0n) is 10.3. The summed E-state index contributed by atoms with van der Waals surface area (Å²) in [4.78, 5) is 0. The van der Waals surface area contributed by atoms with E-state index in [1.165, 1.54) is 0 Å². The molecule has 2 aromatic carbocycles. The molecule has 100 valence electrons. The van der Waals surface area contributed by atoms with Crippen LogP contribution in [0, 0.1) is 6.92 Å². The molecule has 0 heterocycles. The van der Waals surface area contributed by atoms with Gasteiger partial charge in [0.1, 0.15) is 0 Å². The highest BCUT2D eigenvalue weighted by atomic mass is 35.5. The number of benzene rings is 2. The van der Waals surface area contributed by atoms with Crippen LogP contribution in [-0.2, 0) is 6.42 Å². The molecular weight excluding hydrogens is 303 g/mol. The molecule has 1 unspecified atom stereocenters. The van der Waals surface area contributed by atoms with E-state index in [9.17, 15) is 5.11 Å². The summed E-state index contributed by atoms with van der Waals surface area (Å²) in [7, 11) is 0. The molecule has 4 heteroatoms. The number of halogens is 3. The first-order valence-corrected chi connectivity index (χ1v) is 6.99. The van der Waals surface area contributed by atoms with Gasteiger partial charge in [0, 0.05) is 21.5 Å². The van der Waals surface area contributed by atoms with Crippen LogP contribution < -0.4 is 0 Å². The maximum Gasteiger partial charge on any atom is 0.0834 e. The van der Waals surface area contributed by atoms with Crippen LogP contribution in [0.1, 0.15) is 22.8 Å². The van der Waals surface area contributed by atoms with Gasteiger partial charge in [-0.2, -0.15) is 0 Å². The Hall–Kier alpha value is -0.730. The number of rotatable bonds is 3. The highest BCUT2D eigenvalue weighted by molar-refractivity contribution is 6.36. The molecule has 0 aliphatic rings. The second kappa shape index (κ2) is 6.15. The Morgan fingerprint density at radius 1 is 1.05 bits per heavy atom. The van der Waals surface area contributed by atoms with Crippen molar-refractivity contribution in [3.63, 3.8) is 0 Å². The third-order valence-corrected chi connectivity index (χ3v) is 4.00. The molecule has 0 aliphatic heterocycles. The molecule has 0 amide bonds. The van der Waals surface area contributed by atoms with Crippen molar-refractivity contribution >= 4 is 34.8 Å². The van der Waals surface area contributed by atoms with Crippen molar-refractivity contribution in [2.24, 2.45) is 0 Å². The van der Waals surface area contributed by atoms with Crippen molar-refractivity contribution in [3.05, 3.63) is 68.2 Å². The average Bonchev–Trinajstić information content (AvgIpc) is 2.37. The second-order valence-corrected chi connectivity index (χ2v) is 5.67. The first kappa shape index (κ1) is 14.7. The molecule has 0 aliphatic carbocycles. The van der Waals surface area contributed by atoms with E-state index in [2.05, 4.69) is 0 Å². The fourth-order valence-corrected chi connectivity index (χ4v) is 2.73. The largest absolute Gasteiger partial charge is 0.388 e. The minimum absolute atomic E-state index is 0.361. The van der Waals surface area contributed by atoms with Crippen LogP contribution in [0.3, 0.4) is 0 Å². The SMILES string of the molecule is Cc1ccc(Cl)cc1C(O)Cc1c(Cl)cccc1Cl. The lowest BCUT2D eigenvalue weighted by Gasteiger charge is -2.16. The first-order chi connectivity index (χ1) is 8.99. The molecule has 0 fully saturated rings. The molecule has 1 nitrogen and oxygen atoms in total. The maximum absolute atomic E-state index is 10.4. The van der Waals surface area contributed by atoms with Gasteiger partial charge in [0.2, 0.25) is 0 Å². The Morgan fingerprint density at radius 3 is 2.32 bits per heavy atom. The molecule has 19 heavy (non-hydrogen) atoms. The van der Waals surface area contributed by atoms with Gasteiger partial charge in [-0.1, -0.05) is 46.9 Å². The molecule has 2 rings (SSSR count). The van der Waals surface area contributed by atoms with Crippen molar-refractivity contribution < 1.29 is 5.11 Å². The van der Waals surface area contributed by atoms with E-state index >= 15 is 0 Å². The van der Waals surface area contributed by atoms with Crippen molar-refractivity contribution in [2.75, 3.05) is 0 Å². The third kappa shape index (κ3) is 3.43. The summed E-state index contributed by atoms with van der Waals surface area (Å²) in [5, 5.41) is 12.1. The topological polar surface area (TPSA) is 20.2 Å². The molecule has 1 N–H and O–H groups in total. The highest BCUT2D eigenvalue weighted by Crippen LogP contribution is 2.31. The molecule has 2 aromatic rings. The van der Waals surface area contributed by atoms with E-state index in [1.807, 2.05) is 13.0 Å². The maximum atomic E-state index is 10.4. The monoisotopic (exact) mass is 314 g/mol. The van der Waals surface area contributed by atoms with Gasteiger partial charge in [0.15, 0.2) is 0 Å². The molecular formula is C15H13Cl3O. The Bertz CT molecular complexity index is 576. The standard InChI is InChI=1S/C15H13Cl3O/c1-9-5-6-10(16)7-11(9)15(19)8-12-13(17)3-2-4-14(12)18/h2-7,15,19H,8H2,1H3. The molecule has 0 saturated heterocycles. The molecule has 0 bridgehead atoms. The second-order valence-electron chi connectivity index (χ2n) is 4.42. The van der Waals surface area contributed by atoms with Crippen LogP contribution >= 0.6 is 34.8 Å². The Labute approximate surface area is 127 Å². The number of aliphatic hydroxyl groups excluding tert-OH is 1. The smallest absolute Gasteiger partial charge is 0.0834 e. The molecule has 0 radical (unpaired) electrons. The van der Waals surface area contributed by atoms with Crippen LogP contribution in [0.4, 0.5) is 0 Å². The third-order valence-electron chi connectivity index (χ3n) is 3.06. The van der Waals surface area contributed by atoms with Crippen LogP contribution in [0.15, 0.2) is 36.4 Å². The van der Waals surface area contributed by atoms with E-state index in [1.54, 1.807) is 30.3 Å². The fraction of sp³-hybridized carbons (Fsp3) is 0.200. The van der Waals surface area contributed by atoms with Crippen LogP contribution in [0.5, 0.6) is 0 Å². The van der Waals surface area contributed by atoms with Crippen LogP contribution in [0.25, 0.3) is 0 Å². The summed E-state index contributed by atoms with van der Waals surface area (Å²) in [5.41, 5.74) is 2.53. The van der Waals surface area contributed by atoms with Gasteiger partial charge in [-0.25, -0.2) is 0 Å². The van der Waals surface area contributed by atoms with Gasteiger partial charge in [-0.3, -0.25) is 0 Å². The van der Waals surface area contributed by atoms with Gasteiger partial charge in [-0.15, -0.1) is 0 Å². The highest BCUT2D eigenvalue weighted by Gasteiger charge is 2.15. The summed E-state index contributed by atoms with van der Waals surface area (Å²) >= 11 is 18.2. The predicted octanol–water partition coefficient (Wildman–Crippen LogP) is 5.23. The summed E-state index contributed by atoms with van der Waals surface area (Å²) in [5.74, 6) is 0. The van der Waals surface area contributed by atoms with Crippen LogP contribution in [0.2, 0.25) is 15.1 Å². The minimum atomic E-state index is -0.684. The summed E-state index contributed by atoms with van der Waals surface area (Å²) in [6.45, 7) is 1.93. The summed E-state index contributed by atoms with van der Waals surface area (Å²) in [6.07, 6.45) is -0.323. The molecule has 0 aromatic heterocycles. The Morgan fingerprint density at radius 2 is 1.68 bits per heavy atom. The molecule has 1 atom stereocenters. The lowest BCUT2D eigenvalue weighted by Crippen LogP contribution is -2.05. The number of aliphatic hydroxyl groups is 1. The fourth-order valence-electron chi connectivity index (χ4n) is 2.00. The van der Waals surface area contributed by atoms with Gasteiger partial charge >= 0.3 is 0 Å². The van der Waals surface area contributed by atoms with Gasteiger partial charge in [0.25, 0.3) is 0 Å². The normalized spacial score (nSPS) is 12.5. The summed E-state index contributed by atoms with van der Waals surface area (Å²) in [6, 6.07) is 10.8. The first-order valence-electron chi connectivity index (χ1n) is 5.86. The quantitative estimate of drug-likeness (QED) is 0.822. The zero-order chi connectivity index (χ0) is 14.0. The Kier molecular flexibility index (Phi) is 4.75. The lowest BCUT2D eigenvalue weighted by atomic mass is 9.98. The van der Waals surface area contributed by atoms with E-state index in [4.69, 9.17) is 34.8 Å². The van der Waals surface area contributed by atoms with Gasteiger partial charge in [0.05, 0.1) is 6.10 Å². The average molecular weight is 316 g/mol. The van der Waals surface area contributed by atoms with E-state index < -0.39 is 6.10 Å². The van der Waals surface area contributed by atoms with E-state index in [-0.39, 0.29) is 0 Å². The number of hydrogen-bond acceptors (Lipinski definition) is 1. The van der Waals surface area contributed by atoms with Gasteiger partial charge < -0.3 is 5.11 Å². The molecule has 0 saturated carbocycles. The number of aryl methyl sites for hydroxylation is 1. The van der Waals surface area contributed by atoms with Crippen molar-refractivity contribution in [1.29, 1.82) is 0 Å².